The largest absolute Gasteiger partial charge is 0.385 e. The monoisotopic (exact) mass is 228 g/mol. The molecule has 0 saturated carbocycles. The zero-order valence-corrected chi connectivity index (χ0v) is 11.0. The van der Waals surface area contributed by atoms with Gasteiger partial charge in [-0.25, -0.2) is 0 Å². The molecule has 0 aliphatic heterocycles. The molecule has 2 heteroatoms. The number of carbonyl (C=O) groups is 1. The van der Waals surface area contributed by atoms with E-state index in [0.29, 0.717) is 6.29 Å². The van der Waals surface area contributed by atoms with Gasteiger partial charge in [0.2, 0.25) is 0 Å². The van der Waals surface area contributed by atoms with Crippen molar-refractivity contribution in [2.24, 2.45) is 5.92 Å². The first kappa shape index (κ1) is 15.6. The first-order valence-electron chi connectivity index (χ1n) is 6.85. The minimum absolute atomic E-state index is 0.123. The number of unbranched alkanes of at least 4 members (excludes halogenated alkanes) is 7. The van der Waals surface area contributed by atoms with Crippen LogP contribution in [0.4, 0.5) is 0 Å². The summed E-state index contributed by atoms with van der Waals surface area (Å²) in [5.41, 5.74) is 0. The molecule has 96 valence electrons. The SMILES string of the molecule is CCCCCCCCCCC(C)C(O)C=O. The molecule has 0 aromatic carbocycles. The van der Waals surface area contributed by atoms with E-state index in [4.69, 9.17) is 0 Å². The number of carbonyl (C=O) groups excluding carboxylic acids is 1. The molecule has 0 rings (SSSR count). The third-order valence-corrected chi connectivity index (χ3v) is 3.24. The lowest BCUT2D eigenvalue weighted by Gasteiger charge is -2.12. The molecule has 0 aliphatic rings. The molecule has 0 spiro atoms. The van der Waals surface area contributed by atoms with E-state index in [1.807, 2.05) is 6.92 Å². The van der Waals surface area contributed by atoms with Crippen LogP contribution in [0.3, 0.4) is 0 Å². The summed E-state index contributed by atoms with van der Waals surface area (Å²) in [7, 11) is 0. The Bertz CT molecular complexity index is 157. The normalized spacial score (nSPS) is 14.7. The summed E-state index contributed by atoms with van der Waals surface area (Å²) < 4.78 is 0. The lowest BCUT2D eigenvalue weighted by Crippen LogP contribution is -2.18. The van der Waals surface area contributed by atoms with Crippen LogP contribution in [-0.4, -0.2) is 17.5 Å². The lowest BCUT2D eigenvalue weighted by molar-refractivity contribution is -0.117. The average Bonchev–Trinajstić information content (AvgIpc) is 2.31. The Morgan fingerprint density at radius 2 is 1.50 bits per heavy atom. The summed E-state index contributed by atoms with van der Waals surface area (Å²) in [5, 5.41) is 9.26. The predicted octanol–water partition coefficient (Wildman–Crippen LogP) is 3.71. The number of aliphatic hydroxyl groups is 1. The van der Waals surface area contributed by atoms with Gasteiger partial charge in [-0.1, -0.05) is 65.2 Å². The van der Waals surface area contributed by atoms with Crippen molar-refractivity contribution in [3.63, 3.8) is 0 Å². The molecule has 0 bridgehead atoms. The molecule has 0 amide bonds. The number of hydrogen-bond donors (Lipinski definition) is 1. The lowest BCUT2D eigenvalue weighted by atomic mass is 9.97. The van der Waals surface area contributed by atoms with Gasteiger partial charge in [-0.2, -0.15) is 0 Å². The summed E-state index contributed by atoms with van der Waals surface area (Å²) >= 11 is 0. The first-order valence-corrected chi connectivity index (χ1v) is 6.85. The topological polar surface area (TPSA) is 37.3 Å². The standard InChI is InChI=1S/C14H28O2/c1-3-4-5-6-7-8-9-10-11-13(2)14(16)12-15/h12-14,16H,3-11H2,1-2H3. The van der Waals surface area contributed by atoms with Crippen molar-refractivity contribution in [1.82, 2.24) is 0 Å². The second-order valence-electron chi connectivity index (χ2n) is 4.87. The third kappa shape index (κ3) is 8.90. The van der Waals surface area contributed by atoms with Gasteiger partial charge < -0.3 is 9.90 Å². The van der Waals surface area contributed by atoms with E-state index in [0.717, 1.165) is 12.8 Å². The van der Waals surface area contributed by atoms with Crippen LogP contribution in [0.1, 0.15) is 71.6 Å². The highest BCUT2D eigenvalue weighted by atomic mass is 16.3. The van der Waals surface area contributed by atoms with Gasteiger partial charge in [-0.3, -0.25) is 0 Å². The van der Waals surface area contributed by atoms with Crippen molar-refractivity contribution in [2.75, 3.05) is 0 Å². The molecule has 2 nitrogen and oxygen atoms in total. The molecule has 2 unspecified atom stereocenters. The van der Waals surface area contributed by atoms with Gasteiger partial charge in [0.1, 0.15) is 12.4 Å². The van der Waals surface area contributed by atoms with Gasteiger partial charge in [0.15, 0.2) is 0 Å². The maximum atomic E-state index is 10.3. The summed E-state index contributed by atoms with van der Waals surface area (Å²) in [6, 6.07) is 0. The van der Waals surface area contributed by atoms with E-state index in [9.17, 15) is 9.90 Å². The fraction of sp³-hybridized carbons (Fsp3) is 0.929. The third-order valence-electron chi connectivity index (χ3n) is 3.24. The summed E-state index contributed by atoms with van der Waals surface area (Å²) in [6.07, 6.45) is 11.3. The maximum absolute atomic E-state index is 10.3. The predicted molar refractivity (Wildman–Crippen MR) is 68.5 cm³/mol. The smallest absolute Gasteiger partial charge is 0.148 e. The van der Waals surface area contributed by atoms with E-state index in [1.165, 1.54) is 44.9 Å². The highest BCUT2D eigenvalue weighted by Crippen LogP contribution is 2.14. The van der Waals surface area contributed by atoms with Crippen molar-refractivity contribution >= 4 is 6.29 Å². The van der Waals surface area contributed by atoms with E-state index in [-0.39, 0.29) is 5.92 Å². The number of aliphatic hydroxyl groups excluding tert-OH is 1. The molecule has 0 aromatic heterocycles. The van der Waals surface area contributed by atoms with Crippen molar-refractivity contribution in [1.29, 1.82) is 0 Å². The van der Waals surface area contributed by atoms with E-state index in [2.05, 4.69) is 6.92 Å². The first-order chi connectivity index (χ1) is 7.72. The van der Waals surface area contributed by atoms with Crippen LogP contribution in [0.25, 0.3) is 0 Å². The Morgan fingerprint density at radius 1 is 1.00 bits per heavy atom. The molecule has 0 saturated heterocycles. The summed E-state index contributed by atoms with van der Waals surface area (Å²) in [4.78, 5) is 10.3. The molecule has 0 heterocycles. The van der Waals surface area contributed by atoms with Gasteiger partial charge >= 0.3 is 0 Å². The van der Waals surface area contributed by atoms with Gasteiger partial charge in [0.25, 0.3) is 0 Å². The second-order valence-corrected chi connectivity index (χ2v) is 4.87. The maximum Gasteiger partial charge on any atom is 0.148 e. The Hall–Kier alpha value is -0.370. The van der Waals surface area contributed by atoms with Crippen molar-refractivity contribution in [2.45, 2.75) is 77.7 Å². The van der Waals surface area contributed by atoms with Crippen LogP contribution in [0, 0.1) is 5.92 Å². The van der Waals surface area contributed by atoms with Gasteiger partial charge in [0.05, 0.1) is 0 Å². The molecule has 0 aliphatic carbocycles. The van der Waals surface area contributed by atoms with E-state index >= 15 is 0 Å². The number of rotatable bonds is 11. The summed E-state index contributed by atoms with van der Waals surface area (Å²) in [5.74, 6) is 0.123. The fourth-order valence-corrected chi connectivity index (χ4v) is 1.91. The van der Waals surface area contributed by atoms with Gasteiger partial charge in [0, 0.05) is 0 Å². The van der Waals surface area contributed by atoms with Crippen LogP contribution in [-0.2, 0) is 4.79 Å². The highest BCUT2D eigenvalue weighted by Gasteiger charge is 2.11. The number of hydrogen-bond acceptors (Lipinski definition) is 2. The zero-order valence-electron chi connectivity index (χ0n) is 11.0. The Morgan fingerprint density at radius 3 is 2.00 bits per heavy atom. The minimum Gasteiger partial charge on any atom is -0.385 e. The molecule has 0 fully saturated rings. The Labute approximate surface area is 100 Å². The van der Waals surface area contributed by atoms with Crippen LogP contribution in [0.15, 0.2) is 0 Å². The van der Waals surface area contributed by atoms with Gasteiger partial charge in [-0.15, -0.1) is 0 Å². The Balaban J connectivity index is 3.17. The quantitative estimate of drug-likeness (QED) is 0.432. The number of aldehydes is 1. The Kier molecular flexibility index (Phi) is 10.9. The van der Waals surface area contributed by atoms with Crippen LogP contribution >= 0.6 is 0 Å². The molecule has 16 heavy (non-hydrogen) atoms. The average molecular weight is 228 g/mol. The highest BCUT2D eigenvalue weighted by molar-refractivity contribution is 5.55. The van der Waals surface area contributed by atoms with E-state index < -0.39 is 6.10 Å². The van der Waals surface area contributed by atoms with Crippen LogP contribution in [0.5, 0.6) is 0 Å². The van der Waals surface area contributed by atoms with E-state index in [1.54, 1.807) is 0 Å². The molecule has 1 N–H and O–H groups in total. The second kappa shape index (κ2) is 11.1. The minimum atomic E-state index is -0.760. The van der Waals surface area contributed by atoms with Crippen LogP contribution < -0.4 is 0 Å². The van der Waals surface area contributed by atoms with Crippen molar-refractivity contribution in [3.05, 3.63) is 0 Å². The van der Waals surface area contributed by atoms with Crippen molar-refractivity contribution in [3.8, 4) is 0 Å². The molecular weight excluding hydrogens is 200 g/mol. The van der Waals surface area contributed by atoms with Crippen molar-refractivity contribution < 1.29 is 9.90 Å². The van der Waals surface area contributed by atoms with Crippen LogP contribution in [0.2, 0.25) is 0 Å². The summed E-state index contributed by atoms with van der Waals surface area (Å²) in [6.45, 7) is 4.18. The fourth-order valence-electron chi connectivity index (χ4n) is 1.91. The molecular formula is C14H28O2. The zero-order chi connectivity index (χ0) is 12.2. The van der Waals surface area contributed by atoms with Gasteiger partial charge in [-0.05, 0) is 12.3 Å². The molecule has 0 aromatic rings. The molecule has 0 radical (unpaired) electrons. The molecule has 2 atom stereocenters.